The first kappa shape index (κ1) is 10.6. The minimum absolute atomic E-state index is 0.000298. The summed E-state index contributed by atoms with van der Waals surface area (Å²) >= 11 is 0. The summed E-state index contributed by atoms with van der Waals surface area (Å²) in [6, 6.07) is -0.0770. The van der Waals surface area contributed by atoms with Crippen LogP contribution in [0.2, 0.25) is 0 Å². The predicted octanol–water partition coefficient (Wildman–Crippen LogP) is -2.10. The first-order valence-electron chi connectivity index (χ1n) is 5.63. The lowest BCUT2D eigenvalue weighted by Gasteiger charge is -2.45. The Bertz CT molecular complexity index is 408. The van der Waals surface area contributed by atoms with E-state index in [9.17, 15) is 4.79 Å². The van der Waals surface area contributed by atoms with Gasteiger partial charge in [-0.1, -0.05) is 0 Å². The minimum Gasteiger partial charge on any atom is -0.376 e. The molecule has 1 aromatic rings. The summed E-state index contributed by atoms with van der Waals surface area (Å²) in [5, 5.41) is 13.4. The van der Waals surface area contributed by atoms with Crippen LogP contribution in [0.1, 0.15) is 6.42 Å². The van der Waals surface area contributed by atoms with E-state index in [4.69, 9.17) is 10.5 Å². The van der Waals surface area contributed by atoms with Gasteiger partial charge in [0.25, 0.3) is 0 Å². The van der Waals surface area contributed by atoms with Crippen LogP contribution in [-0.4, -0.2) is 50.9 Å². The van der Waals surface area contributed by atoms with E-state index < -0.39 is 0 Å². The molecule has 1 aromatic heterocycles. The van der Waals surface area contributed by atoms with E-state index in [0.29, 0.717) is 5.92 Å². The summed E-state index contributed by atoms with van der Waals surface area (Å²) in [4.78, 5) is 11.7. The minimum atomic E-state index is -0.147. The number of hydrogen-bond acceptors (Lipinski definition) is 6. The molecular weight excluding hydrogens is 224 g/mol. The third-order valence-electron chi connectivity index (χ3n) is 3.47. The van der Waals surface area contributed by atoms with Crippen LogP contribution in [0.3, 0.4) is 0 Å². The lowest BCUT2D eigenvalue weighted by molar-refractivity contribution is -0.126. The first-order valence-corrected chi connectivity index (χ1v) is 5.63. The van der Waals surface area contributed by atoms with Gasteiger partial charge in [0.2, 0.25) is 5.91 Å². The molecular formula is C9H14N6O2. The standard InChI is InChI=1S/C9H14N6O2/c10-7-5-1-2-17-9(5)8(7)12-6(16)3-15-4-11-13-14-15/h4-5,7-9H,1-3,10H2,(H,12,16). The monoisotopic (exact) mass is 238 g/mol. The Labute approximate surface area is 97.5 Å². The van der Waals surface area contributed by atoms with E-state index in [1.165, 1.54) is 11.0 Å². The van der Waals surface area contributed by atoms with Crippen molar-refractivity contribution in [3.05, 3.63) is 6.33 Å². The Morgan fingerprint density at radius 2 is 2.53 bits per heavy atom. The zero-order valence-electron chi connectivity index (χ0n) is 9.19. The maximum Gasteiger partial charge on any atom is 0.242 e. The number of nitrogens with two attached hydrogens (primary N) is 1. The van der Waals surface area contributed by atoms with E-state index >= 15 is 0 Å². The highest BCUT2D eigenvalue weighted by Gasteiger charge is 2.52. The van der Waals surface area contributed by atoms with E-state index in [-0.39, 0.29) is 30.6 Å². The number of tetrazole rings is 1. The van der Waals surface area contributed by atoms with Crippen molar-refractivity contribution in [3.8, 4) is 0 Å². The molecule has 1 aliphatic carbocycles. The largest absolute Gasteiger partial charge is 0.376 e. The highest BCUT2D eigenvalue weighted by molar-refractivity contribution is 5.76. The maximum atomic E-state index is 11.7. The zero-order chi connectivity index (χ0) is 11.8. The van der Waals surface area contributed by atoms with E-state index in [1.807, 2.05) is 0 Å². The fourth-order valence-corrected chi connectivity index (χ4v) is 2.56. The Morgan fingerprint density at radius 3 is 3.29 bits per heavy atom. The van der Waals surface area contributed by atoms with Crippen LogP contribution in [0.15, 0.2) is 6.33 Å². The summed E-state index contributed by atoms with van der Waals surface area (Å²) in [6.45, 7) is 0.843. The Kier molecular flexibility index (Phi) is 2.52. The Morgan fingerprint density at radius 1 is 1.65 bits per heavy atom. The van der Waals surface area contributed by atoms with Gasteiger partial charge in [0.1, 0.15) is 12.9 Å². The molecule has 1 saturated carbocycles. The second-order valence-electron chi connectivity index (χ2n) is 4.47. The molecule has 0 spiro atoms. The molecule has 2 heterocycles. The van der Waals surface area contributed by atoms with Crippen LogP contribution in [0.5, 0.6) is 0 Å². The summed E-state index contributed by atoms with van der Waals surface area (Å²) < 4.78 is 6.90. The quantitative estimate of drug-likeness (QED) is 0.624. The molecule has 92 valence electrons. The molecule has 0 aromatic carbocycles. The molecule has 8 nitrogen and oxygen atoms in total. The van der Waals surface area contributed by atoms with Crippen LogP contribution < -0.4 is 11.1 Å². The fourth-order valence-electron chi connectivity index (χ4n) is 2.56. The highest BCUT2D eigenvalue weighted by Crippen LogP contribution is 2.37. The first-order chi connectivity index (χ1) is 8.25. The second kappa shape index (κ2) is 4.04. The van der Waals surface area contributed by atoms with Gasteiger partial charge in [-0.05, 0) is 16.8 Å². The lowest BCUT2D eigenvalue weighted by atomic mass is 9.72. The SMILES string of the molecule is NC1C2CCOC2C1NC(=O)Cn1cnnn1. The van der Waals surface area contributed by atoms with E-state index in [0.717, 1.165) is 13.0 Å². The number of nitrogens with zero attached hydrogens (tertiary/aromatic N) is 4. The van der Waals surface area contributed by atoms with Gasteiger partial charge >= 0.3 is 0 Å². The maximum absolute atomic E-state index is 11.7. The average molecular weight is 238 g/mol. The number of amides is 1. The van der Waals surface area contributed by atoms with E-state index in [1.54, 1.807) is 0 Å². The van der Waals surface area contributed by atoms with Gasteiger partial charge in [-0.3, -0.25) is 4.79 Å². The third-order valence-corrected chi connectivity index (χ3v) is 3.47. The van der Waals surface area contributed by atoms with Crippen molar-refractivity contribution in [2.24, 2.45) is 11.7 Å². The van der Waals surface area contributed by atoms with Gasteiger partial charge in [0.15, 0.2) is 0 Å². The molecule has 3 rings (SSSR count). The molecule has 1 amide bonds. The molecule has 1 aliphatic heterocycles. The summed E-state index contributed by atoms with van der Waals surface area (Å²) in [7, 11) is 0. The molecule has 3 N–H and O–H groups in total. The Balaban J connectivity index is 1.55. The topological polar surface area (TPSA) is 108 Å². The molecule has 4 unspecified atom stereocenters. The van der Waals surface area contributed by atoms with Crippen LogP contribution >= 0.6 is 0 Å². The van der Waals surface area contributed by atoms with Gasteiger partial charge in [-0.25, -0.2) is 4.68 Å². The number of aromatic nitrogens is 4. The highest BCUT2D eigenvalue weighted by atomic mass is 16.5. The van der Waals surface area contributed by atoms with Crippen LogP contribution in [-0.2, 0) is 16.1 Å². The average Bonchev–Trinajstić information content (AvgIpc) is 2.94. The molecule has 8 heteroatoms. The molecule has 2 fully saturated rings. The number of hydrogen-bond donors (Lipinski definition) is 2. The van der Waals surface area contributed by atoms with E-state index in [2.05, 4.69) is 20.8 Å². The number of carbonyl (C=O) groups excluding carboxylic acids is 1. The van der Waals surface area contributed by atoms with Crippen LogP contribution in [0, 0.1) is 5.92 Å². The van der Waals surface area contributed by atoms with Gasteiger partial charge in [-0.15, -0.1) is 5.10 Å². The number of fused-ring (bicyclic) bond motifs is 1. The van der Waals surface area contributed by atoms with Crippen molar-refractivity contribution >= 4 is 5.91 Å². The van der Waals surface area contributed by atoms with Gasteiger partial charge in [0.05, 0.1) is 12.1 Å². The van der Waals surface area contributed by atoms with Gasteiger partial charge < -0.3 is 15.8 Å². The third kappa shape index (κ3) is 1.79. The smallest absolute Gasteiger partial charge is 0.242 e. The predicted molar refractivity (Wildman–Crippen MR) is 55.6 cm³/mol. The summed E-state index contributed by atoms with van der Waals surface area (Å²) in [6.07, 6.45) is 2.48. The van der Waals surface area contributed by atoms with Crippen molar-refractivity contribution in [2.75, 3.05) is 6.61 Å². The molecule has 0 radical (unpaired) electrons. The fraction of sp³-hybridized carbons (Fsp3) is 0.778. The number of carbonyl (C=O) groups is 1. The van der Waals surface area contributed by atoms with Crippen molar-refractivity contribution in [2.45, 2.75) is 31.2 Å². The Hall–Kier alpha value is -1.54. The number of rotatable bonds is 3. The van der Waals surface area contributed by atoms with Crippen molar-refractivity contribution in [1.29, 1.82) is 0 Å². The molecule has 17 heavy (non-hydrogen) atoms. The molecule has 1 saturated heterocycles. The summed E-state index contributed by atoms with van der Waals surface area (Å²) in [5.41, 5.74) is 5.99. The van der Waals surface area contributed by atoms with Crippen LogP contribution in [0.4, 0.5) is 0 Å². The molecule has 0 bridgehead atoms. The van der Waals surface area contributed by atoms with Crippen LogP contribution in [0.25, 0.3) is 0 Å². The molecule has 4 atom stereocenters. The lowest BCUT2D eigenvalue weighted by Crippen LogP contribution is -2.69. The summed E-state index contributed by atoms with van der Waals surface area (Å²) in [5.74, 6) is 0.250. The second-order valence-corrected chi connectivity index (χ2v) is 4.47. The van der Waals surface area contributed by atoms with Gasteiger partial charge in [-0.2, -0.15) is 0 Å². The zero-order valence-corrected chi connectivity index (χ0v) is 9.19. The molecule has 2 aliphatic rings. The van der Waals surface area contributed by atoms with Crippen molar-refractivity contribution < 1.29 is 9.53 Å². The number of nitrogens with one attached hydrogen (secondary N) is 1. The van der Waals surface area contributed by atoms with Crippen molar-refractivity contribution in [3.63, 3.8) is 0 Å². The number of ether oxygens (including phenoxy) is 1. The normalized spacial score (nSPS) is 35.1. The van der Waals surface area contributed by atoms with Gasteiger partial charge in [0, 0.05) is 18.6 Å². The van der Waals surface area contributed by atoms with Crippen molar-refractivity contribution in [1.82, 2.24) is 25.5 Å².